The van der Waals surface area contributed by atoms with Crippen LogP contribution in [0.3, 0.4) is 0 Å². The first kappa shape index (κ1) is 12.9. The van der Waals surface area contributed by atoms with Crippen LogP contribution in [-0.4, -0.2) is 27.1 Å². The lowest BCUT2D eigenvalue weighted by atomic mass is 9.77. The van der Waals surface area contributed by atoms with Crippen molar-refractivity contribution in [1.29, 1.82) is 0 Å². The molecular weight excluding hydrogens is 372 g/mol. The van der Waals surface area contributed by atoms with Gasteiger partial charge in [0.1, 0.15) is 4.51 Å². The summed E-state index contributed by atoms with van der Waals surface area (Å²) in [6.45, 7) is 2.21. The second-order valence-electron chi connectivity index (χ2n) is 6.05. The van der Waals surface area contributed by atoms with Gasteiger partial charge in [-0.3, -0.25) is 0 Å². The van der Waals surface area contributed by atoms with E-state index >= 15 is 0 Å². The van der Waals surface area contributed by atoms with E-state index in [1.165, 1.54) is 0 Å². The number of ether oxygens (including phenoxy) is 2. The van der Waals surface area contributed by atoms with Gasteiger partial charge in [0.2, 0.25) is 0 Å². The molecule has 19 heavy (non-hydrogen) atoms. The van der Waals surface area contributed by atoms with Gasteiger partial charge in [0.15, 0.2) is 0 Å². The van der Waals surface area contributed by atoms with E-state index in [1.807, 2.05) is 6.08 Å². The largest absolute Gasteiger partial charge is 0.371 e. The summed E-state index contributed by atoms with van der Waals surface area (Å²) in [4.78, 5) is 0. The smallest absolute Gasteiger partial charge is 0.144 e. The molecule has 4 rings (SSSR count). The SMILES string of the molecule is C#C/C=C\[C@H]1[C@@H]2[C@H]3[C@H]4O[C@@H]2C[C@H]4O[C@@]3(Br)[C@@]1(Br)CC. The molecule has 0 aromatic rings. The number of hydrogen-bond donors (Lipinski definition) is 0. The van der Waals surface area contributed by atoms with Crippen molar-refractivity contribution >= 4 is 31.9 Å². The van der Waals surface area contributed by atoms with E-state index in [1.54, 1.807) is 0 Å². The molecular formula is C15H16Br2O2. The van der Waals surface area contributed by atoms with E-state index in [2.05, 4.69) is 50.8 Å². The van der Waals surface area contributed by atoms with E-state index < -0.39 is 0 Å². The number of allylic oxidation sites excluding steroid dienone is 2. The van der Waals surface area contributed by atoms with Gasteiger partial charge in [-0.15, -0.1) is 6.42 Å². The number of fused-ring (bicyclic) bond motifs is 2. The molecule has 0 unspecified atom stereocenters. The molecule has 0 amide bonds. The Labute approximate surface area is 130 Å². The maximum Gasteiger partial charge on any atom is 0.144 e. The summed E-state index contributed by atoms with van der Waals surface area (Å²) in [6, 6.07) is 0. The van der Waals surface area contributed by atoms with E-state index in [0.717, 1.165) is 12.8 Å². The number of halogens is 2. The van der Waals surface area contributed by atoms with Gasteiger partial charge in [0.25, 0.3) is 0 Å². The molecule has 4 fully saturated rings. The molecule has 1 aliphatic carbocycles. The zero-order chi connectivity index (χ0) is 13.4. The lowest BCUT2D eigenvalue weighted by molar-refractivity contribution is 0.000337. The highest BCUT2D eigenvalue weighted by molar-refractivity contribution is 9.13. The summed E-state index contributed by atoms with van der Waals surface area (Å²) < 4.78 is 12.1. The van der Waals surface area contributed by atoms with Crippen LogP contribution < -0.4 is 0 Å². The first-order valence-electron chi connectivity index (χ1n) is 6.90. The molecule has 102 valence electrons. The summed E-state index contributed by atoms with van der Waals surface area (Å²) in [5.74, 6) is 3.92. The van der Waals surface area contributed by atoms with Crippen LogP contribution in [0.4, 0.5) is 0 Å². The highest BCUT2D eigenvalue weighted by atomic mass is 79.9. The molecule has 3 aliphatic heterocycles. The van der Waals surface area contributed by atoms with Crippen molar-refractivity contribution in [3.63, 3.8) is 0 Å². The Kier molecular flexibility index (Phi) is 2.63. The molecule has 0 aromatic heterocycles. The number of alkyl halides is 2. The average Bonchev–Trinajstić information content (AvgIpc) is 3.03. The highest BCUT2D eigenvalue weighted by Gasteiger charge is 2.80. The van der Waals surface area contributed by atoms with Gasteiger partial charge < -0.3 is 9.47 Å². The van der Waals surface area contributed by atoms with E-state index in [0.29, 0.717) is 23.9 Å². The molecule has 8 atom stereocenters. The first-order chi connectivity index (χ1) is 9.06. The fourth-order valence-electron chi connectivity index (χ4n) is 4.87. The highest BCUT2D eigenvalue weighted by Crippen LogP contribution is 2.73. The van der Waals surface area contributed by atoms with Gasteiger partial charge >= 0.3 is 0 Å². The number of terminal acetylenes is 1. The lowest BCUT2D eigenvalue weighted by Gasteiger charge is -2.40. The van der Waals surface area contributed by atoms with Crippen molar-refractivity contribution in [1.82, 2.24) is 0 Å². The fourth-order valence-corrected chi connectivity index (χ4v) is 7.04. The van der Waals surface area contributed by atoms with Crippen LogP contribution in [0.1, 0.15) is 19.8 Å². The topological polar surface area (TPSA) is 18.5 Å². The lowest BCUT2D eigenvalue weighted by Crippen LogP contribution is -2.47. The van der Waals surface area contributed by atoms with E-state index in [4.69, 9.17) is 15.9 Å². The minimum Gasteiger partial charge on any atom is -0.371 e. The predicted molar refractivity (Wildman–Crippen MR) is 80.2 cm³/mol. The van der Waals surface area contributed by atoms with Crippen molar-refractivity contribution in [2.75, 3.05) is 0 Å². The molecule has 4 aliphatic rings. The van der Waals surface area contributed by atoms with Crippen molar-refractivity contribution in [2.45, 2.75) is 46.9 Å². The first-order valence-corrected chi connectivity index (χ1v) is 8.49. The van der Waals surface area contributed by atoms with Crippen LogP contribution in [0.15, 0.2) is 12.2 Å². The van der Waals surface area contributed by atoms with Crippen molar-refractivity contribution in [2.24, 2.45) is 17.8 Å². The van der Waals surface area contributed by atoms with Crippen LogP contribution in [0, 0.1) is 30.1 Å². The second-order valence-corrected chi connectivity index (χ2v) is 8.64. The number of hydrogen-bond acceptors (Lipinski definition) is 2. The Hall–Kier alpha value is 0.180. The quantitative estimate of drug-likeness (QED) is 0.534. The Morgan fingerprint density at radius 3 is 2.89 bits per heavy atom. The van der Waals surface area contributed by atoms with Crippen LogP contribution in [-0.2, 0) is 9.47 Å². The Bertz CT molecular complexity index is 497. The summed E-state index contributed by atoms with van der Waals surface area (Å²) in [6.07, 6.45) is 12.3. The Balaban J connectivity index is 1.85. The molecule has 2 bridgehead atoms. The van der Waals surface area contributed by atoms with Gasteiger partial charge in [0.05, 0.1) is 22.6 Å². The second kappa shape index (κ2) is 3.88. The fraction of sp³-hybridized carbons (Fsp3) is 0.733. The third-order valence-corrected chi connectivity index (χ3v) is 9.17. The monoisotopic (exact) mass is 386 g/mol. The molecule has 3 heterocycles. The minimum atomic E-state index is -0.316. The molecule has 0 aromatic carbocycles. The molecule has 4 heteroatoms. The van der Waals surface area contributed by atoms with Crippen LogP contribution >= 0.6 is 31.9 Å². The van der Waals surface area contributed by atoms with Crippen molar-refractivity contribution in [3.8, 4) is 12.3 Å². The summed E-state index contributed by atoms with van der Waals surface area (Å²) >= 11 is 7.95. The van der Waals surface area contributed by atoms with Gasteiger partial charge in [0, 0.05) is 24.2 Å². The molecule has 0 N–H and O–H groups in total. The summed E-state index contributed by atoms with van der Waals surface area (Å²) in [5, 5.41) is 0. The molecule has 3 saturated heterocycles. The zero-order valence-electron chi connectivity index (χ0n) is 10.7. The third-order valence-electron chi connectivity index (χ3n) is 5.54. The molecule has 2 nitrogen and oxygen atoms in total. The maximum absolute atomic E-state index is 6.39. The van der Waals surface area contributed by atoms with Crippen molar-refractivity contribution in [3.05, 3.63) is 12.2 Å². The average molecular weight is 388 g/mol. The zero-order valence-corrected chi connectivity index (χ0v) is 13.9. The standard InChI is InChI=1S/C15H16Br2O2/c1-3-5-6-8-11-9-7-10-13(18-9)12(11)15(17,19-10)14(8,16)4-2/h1,5-6,8-13H,4,7H2,2H3/b6-5-/t8-,9+,10+,11-,12-,13-,14+,15+/m0/s1. The van der Waals surface area contributed by atoms with Crippen molar-refractivity contribution < 1.29 is 9.47 Å². The van der Waals surface area contributed by atoms with Crippen LogP contribution in [0.5, 0.6) is 0 Å². The van der Waals surface area contributed by atoms with Gasteiger partial charge in [-0.25, -0.2) is 0 Å². The molecule has 0 spiro atoms. The number of rotatable bonds is 2. The maximum atomic E-state index is 6.39. The van der Waals surface area contributed by atoms with Crippen LogP contribution in [0.25, 0.3) is 0 Å². The van der Waals surface area contributed by atoms with E-state index in [9.17, 15) is 0 Å². The minimum absolute atomic E-state index is 0.0991. The summed E-state index contributed by atoms with van der Waals surface area (Å²) in [7, 11) is 0. The normalized spacial score (nSPS) is 61.2. The van der Waals surface area contributed by atoms with Gasteiger partial charge in [-0.05, 0) is 12.5 Å². The molecule has 0 radical (unpaired) electrons. The van der Waals surface area contributed by atoms with E-state index in [-0.39, 0.29) is 21.0 Å². The summed E-state index contributed by atoms with van der Waals surface area (Å²) in [5.41, 5.74) is 0. The third kappa shape index (κ3) is 1.27. The molecule has 1 saturated carbocycles. The van der Waals surface area contributed by atoms with Crippen LogP contribution in [0.2, 0.25) is 0 Å². The van der Waals surface area contributed by atoms with Gasteiger partial charge in [-0.2, -0.15) is 0 Å². The Morgan fingerprint density at radius 2 is 2.21 bits per heavy atom. The predicted octanol–water partition coefficient (Wildman–Crippen LogP) is 3.24. The Morgan fingerprint density at radius 1 is 1.42 bits per heavy atom. The van der Waals surface area contributed by atoms with Gasteiger partial charge in [-0.1, -0.05) is 50.8 Å².